The van der Waals surface area contributed by atoms with Gasteiger partial charge in [0.15, 0.2) is 0 Å². The molecular weight excluding hydrogens is 310 g/mol. The van der Waals surface area contributed by atoms with Crippen molar-refractivity contribution in [2.24, 2.45) is 0 Å². The summed E-state index contributed by atoms with van der Waals surface area (Å²) in [4.78, 5) is 0. The van der Waals surface area contributed by atoms with Gasteiger partial charge in [0.25, 0.3) is 0 Å². The minimum atomic E-state index is -3.32. The molecule has 7 heteroatoms. The average Bonchev–Trinajstić information content (AvgIpc) is 2.47. The Balaban J connectivity index is 0.00000220. The van der Waals surface area contributed by atoms with Crippen LogP contribution in [0.4, 0.5) is 0 Å². The van der Waals surface area contributed by atoms with Crippen LogP contribution in [-0.4, -0.2) is 38.9 Å². The number of hydrogen-bond acceptors (Lipinski definition) is 4. The molecule has 0 amide bonds. The smallest absolute Gasteiger partial charge is 0.218 e. The molecule has 5 nitrogen and oxygen atoms in total. The highest BCUT2D eigenvalue weighted by atomic mass is 35.5. The number of nitrogens with one attached hydrogen (secondary N) is 1. The molecule has 21 heavy (non-hydrogen) atoms. The van der Waals surface area contributed by atoms with Crippen LogP contribution in [0.3, 0.4) is 0 Å². The van der Waals surface area contributed by atoms with Gasteiger partial charge in [-0.25, -0.2) is 12.7 Å². The van der Waals surface area contributed by atoms with E-state index >= 15 is 0 Å². The van der Waals surface area contributed by atoms with Crippen molar-refractivity contribution in [3.05, 3.63) is 35.4 Å². The molecule has 1 aliphatic rings. The highest BCUT2D eigenvalue weighted by Crippen LogP contribution is 2.18. The molecule has 1 atom stereocenters. The highest BCUT2D eigenvalue weighted by Gasteiger charge is 2.28. The van der Waals surface area contributed by atoms with Crippen molar-refractivity contribution in [1.82, 2.24) is 9.62 Å². The van der Waals surface area contributed by atoms with E-state index in [0.29, 0.717) is 24.2 Å². The third kappa shape index (κ3) is 4.68. The van der Waals surface area contributed by atoms with E-state index in [4.69, 9.17) is 5.26 Å². The van der Waals surface area contributed by atoms with Gasteiger partial charge in [-0.3, -0.25) is 0 Å². The van der Waals surface area contributed by atoms with E-state index < -0.39 is 10.0 Å². The zero-order valence-electron chi connectivity index (χ0n) is 11.9. The van der Waals surface area contributed by atoms with Gasteiger partial charge in [-0.15, -0.1) is 12.4 Å². The molecule has 0 spiro atoms. The first-order chi connectivity index (χ1) is 9.55. The minimum Gasteiger partial charge on any atom is -0.316 e. The van der Waals surface area contributed by atoms with Gasteiger partial charge in [0.05, 0.1) is 17.4 Å². The van der Waals surface area contributed by atoms with E-state index in [1.165, 1.54) is 0 Å². The number of nitrogens with zero attached hydrogens (tertiary/aromatic N) is 2. The quantitative estimate of drug-likeness (QED) is 0.908. The molecule has 2 rings (SSSR count). The monoisotopic (exact) mass is 329 g/mol. The Hall–Kier alpha value is -1.13. The summed E-state index contributed by atoms with van der Waals surface area (Å²) in [7, 11) is -1.46. The second kappa shape index (κ2) is 7.76. The van der Waals surface area contributed by atoms with Gasteiger partial charge in [0.1, 0.15) is 0 Å². The second-order valence-electron chi connectivity index (χ2n) is 5.05. The lowest BCUT2D eigenvalue weighted by Crippen LogP contribution is -2.47. The number of nitriles is 1. The fourth-order valence-electron chi connectivity index (χ4n) is 2.46. The lowest BCUT2D eigenvalue weighted by molar-refractivity contribution is 0.292. The maximum atomic E-state index is 12.4. The fraction of sp³-hybridized carbons (Fsp3) is 0.500. The second-order valence-corrected chi connectivity index (χ2v) is 7.02. The van der Waals surface area contributed by atoms with Crippen LogP contribution in [0.25, 0.3) is 0 Å². The van der Waals surface area contributed by atoms with Crippen LogP contribution < -0.4 is 5.32 Å². The van der Waals surface area contributed by atoms with E-state index in [0.717, 1.165) is 12.8 Å². The van der Waals surface area contributed by atoms with Crippen LogP contribution in [0.5, 0.6) is 0 Å². The summed E-state index contributed by atoms with van der Waals surface area (Å²) in [5.41, 5.74) is 1.15. The summed E-state index contributed by atoms with van der Waals surface area (Å²) in [6.45, 7) is 1.11. The molecular formula is C14H20ClN3O2S. The SMILES string of the molecule is CNC1CCCN(S(=O)(=O)Cc2cccc(C#N)c2)C1.Cl. The van der Waals surface area contributed by atoms with Gasteiger partial charge in [0.2, 0.25) is 10.0 Å². The minimum absolute atomic E-state index is 0. The van der Waals surface area contributed by atoms with Crippen molar-refractivity contribution in [2.75, 3.05) is 20.1 Å². The van der Waals surface area contributed by atoms with Crippen molar-refractivity contribution in [1.29, 1.82) is 5.26 Å². The molecule has 116 valence electrons. The number of hydrogen-bond donors (Lipinski definition) is 1. The predicted octanol–water partition coefficient (Wildman–Crippen LogP) is 1.49. The number of likely N-dealkylation sites (N-methyl/N-ethyl adjacent to an activating group) is 1. The van der Waals surface area contributed by atoms with Gasteiger partial charge in [0, 0.05) is 19.1 Å². The topological polar surface area (TPSA) is 73.2 Å². The average molecular weight is 330 g/mol. The van der Waals surface area contributed by atoms with E-state index in [9.17, 15) is 8.42 Å². The molecule has 1 fully saturated rings. The molecule has 1 aromatic carbocycles. The van der Waals surface area contributed by atoms with Gasteiger partial charge in [-0.05, 0) is 37.6 Å². The normalized spacial score (nSPS) is 19.5. The first-order valence-corrected chi connectivity index (χ1v) is 8.30. The fourth-order valence-corrected chi connectivity index (χ4v) is 4.06. The zero-order valence-corrected chi connectivity index (χ0v) is 13.6. The van der Waals surface area contributed by atoms with Crippen molar-refractivity contribution in [2.45, 2.75) is 24.6 Å². The molecule has 0 saturated carbocycles. The molecule has 0 aliphatic carbocycles. The number of benzene rings is 1. The number of halogens is 1. The van der Waals surface area contributed by atoms with Crippen molar-refractivity contribution in [3.63, 3.8) is 0 Å². The van der Waals surface area contributed by atoms with Gasteiger partial charge >= 0.3 is 0 Å². The zero-order chi connectivity index (χ0) is 14.6. The summed E-state index contributed by atoms with van der Waals surface area (Å²) in [5.74, 6) is -0.0427. The van der Waals surface area contributed by atoms with Crippen molar-refractivity contribution in [3.8, 4) is 6.07 Å². The van der Waals surface area contributed by atoms with E-state index in [-0.39, 0.29) is 24.2 Å². The summed E-state index contributed by atoms with van der Waals surface area (Å²) in [6, 6.07) is 9.03. The van der Waals surface area contributed by atoms with Crippen LogP contribution >= 0.6 is 12.4 Å². The molecule has 1 aromatic rings. The summed E-state index contributed by atoms with van der Waals surface area (Å²) >= 11 is 0. The Labute approximate surface area is 132 Å². The Morgan fingerprint density at radius 3 is 2.90 bits per heavy atom. The molecule has 1 unspecified atom stereocenters. The van der Waals surface area contributed by atoms with Crippen LogP contribution in [0.15, 0.2) is 24.3 Å². The third-order valence-corrected chi connectivity index (χ3v) is 5.41. The predicted molar refractivity (Wildman–Crippen MR) is 84.7 cm³/mol. The van der Waals surface area contributed by atoms with Crippen LogP contribution in [0.1, 0.15) is 24.0 Å². The number of rotatable bonds is 4. The highest BCUT2D eigenvalue weighted by molar-refractivity contribution is 7.88. The molecule has 1 saturated heterocycles. The molecule has 0 aromatic heterocycles. The maximum Gasteiger partial charge on any atom is 0.218 e. The van der Waals surface area contributed by atoms with E-state index in [1.54, 1.807) is 28.6 Å². The molecule has 0 radical (unpaired) electrons. The third-order valence-electron chi connectivity index (χ3n) is 3.59. The summed E-state index contributed by atoms with van der Waals surface area (Å²) in [6.07, 6.45) is 1.88. The Morgan fingerprint density at radius 1 is 1.48 bits per heavy atom. The summed E-state index contributed by atoms with van der Waals surface area (Å²) < 4.78 is 26.4. The molecule has 1 N–H and O–H groups in total. The molecule has 0 bridgehead atoms. The number of sulfonamides is 1. The maximum absolute atomic E-state index is 12.4. The standard InChI is InChI=1S/C14H19N3O2S.ClH/c1-16-14-6-3-7-17(10-14)20(18,19)11-13-5-2-4-12(8-13)9-15;/h2,4-5,8,14,16H,3,6-7,10-11H2,1H3;1H. The Kier molecular flexibility index (Phi) is 6.62. The van der Waals surface area contributed by atoms with Crippen molar-refractivity contribution >= 4 is 22.4 Å². The molecule has 1 aliphatic heterocycles. The van der Waals surface area contributed by atoms with Crippen LogP contribution in [0.2, 0.25) is 0 Å². The van der Waals surface area contributed by atoms with Crippen LogP contribution in [-0.2, 0) is 15.8 Å². The van der Waals surface area contributed by atoms with E-state index in [2.05, 4.69) is 5.32 Å². The first-order valence-electron chi connectivity index (χ1n) is 6.69. The largest absolute Gasteiger partial charge is 0.316 e. The van der Waals surface area contributed by atoms with E-state index in [1.807, 2.05) is 13.1 Å². The summed E-state index contributed by atoms with van der Waals surface area (Å²) in [5, 5.41) is 12.0. The van der Waals surface area contributed by atoms with Gasteiger partial charge in [-0.2, -0.15) is 5.26 Å². The Bertz CT molecular complexity index is 613. The Morgan fingerprint density at radius 2 is 2.24 bits per heavy atom. The van der Waals surface area contributed by atoms with Crippen molar-refractivity contribution < 1.29 is 8.42 Å². The lowest BCUT2D eigenvalue weighted by Gasteiger charge is -2.31. The lowest BCUT2D eigenvalue weighted by atomic mass is 10.1. The van der Waals surface area contributed by atoms with Gasteiger partial charge < -0.3 is 5.32 Å². The first kappa shape index (κ1) is 17.9. The number of piperidine rings is 1. The molecule has 1 heterocycles. The van der Waals surface area contributed by atoms with Gasteiger partial charge in [-0.1, -0.05) is 12.1 Å². The van der Waals surface area contributed by atoms with Crippen LogP contribution in [0, 0.1) is 11.3 Å².